The van der Waals surface area contributed by atoms with Crippen LogP contribution in [0.2, 0.25) is 0 Å². The molecule has 1 aromatic heterocycles. The molecule has 2 aliphatic rings. The minimum absolute atomic E-state index is 0.00310. The van der Waals surface area contributed by atoms with Crippen molar-refractivity contribution in [2.45, 2.75) is 44.7 Å². The van der Waals surface area contributed by atoms with Crippen LogP contribution in [0, 0.1) is 18.3 Å². The average Bonchev–Trinajstić information content (AvgIpc) is 3.61. The second-order valence-electron chi connectivity index (χ2n) is 9.33. The quantitative estimate of drug-likeness (QED) is 0.440. The molecule has 33 heavy (non-hydrogen) atoms. The number of nitrogens with one attached hydrogen (secondary N) is 3. The Hall–Kier alpha value is -3.47. The van der Waals surface area contributed by atoms with E-state index in [9.17, 15) is 10.4 Å². The number of aromatic nitrogens is 2. The lowest BCUT2D eigenvalue weighted by Gasteiger charge is -2.21. The van der Waals surface area contributed by atoms with Crippen LogP contribution in [0.25, 0.3) is 11.3 Å². The van der Waals surface area contributed by atoms with Crippen LogP contribution in [0.5, 0.6) is 0 Å². The summed E-state index contributed by atoms with van der Waals surface area (Å²) in [5.74, 6) is 0.505. The van der Waals surface area contributed by atoms with Crippen molar-refractivity contribution >= 4 is 17.3 Å². The third-order valence-corrected chi connectivity index (χ3v) is 6.59. The Labute approximate surface area is 193 Å². The molecule has 2 aromatic carbocycles. The first-order valence-electron chi connectivity index (χ1n) is 11.4. The fourth-order valence-electron chi connectivity index (χ4n) is 4.23. The van der Waals surface area contributed by atoms with Gasteiger partial charge >= 0.3 is 0 Å². The Bertz CT molecular complexity index is 1250. The van der Waals surface area contributed by atoms with Crippen LogP contribution >= 0.6 is 0 Å². The van der Waals surface area contributed by atoms with Gasteiger partial charge in [-0.15, -0.1) is 0 Å². The largest absolute Gasteiger partial charge is 0.395 e. The van der Waals surface area contributed by atoms with E-state index in [2.05, 4.69) is 52.1 Å². The summed E-state index contributed by atoms with van der Waals surface area (Å²) >= 11 is 0. The fourth-order valence-corrected chi connectivity index (χ4v) is 4.23. The molecule has 4 N–H and O–H groups in total. The summed E-state index contributed by atoms with van der Waals surface area (Å²) in [4.78, 5) is 9.16. The number of fused-ring (bicyclic) bond motifs is 1. The number of aryl methyl sites for hydroxylation is 1. The maximum atomic E-state index is 9.96. The number of rotatable bonds is 7. The highest BCUT2D eigenvalue weighted by atomic mass is 16.3. The van der Waals surface area contributed by atoms with Gasteiger partial charge in [0.2, 0.25) is 5.95 Å². The molecule has 1 aliphatic heterocycles. The molecular weight excluding hydrogens is 412 g/mol. The maximum Gasteiger partial charge on any atom is 0.227 e. The number of nitrogens with zero attached hydrogens (tertiary/aromatic N) is 3. The number of hydrogen-bond acceptors (Lipinski definition) is 7. The van der Waals surface area contributed by atoms with Crippen molar-refractivity contribution in [3.05, 3.63) is 64.8 Å². The van der Waals surface area contributed by atoms with Crippen molar-refractivity contribution in [1.29, 1.82) is 5.26 Å². The number of hydrogen-bond donors (Lipinski definition) is 4. The van der Waals surface area contributed by atoms with Gasteiger partial charge in [0.05, 0.1) is 23.6 Å². The van der Waals surface area contributed by atoms with E-state index in [-0.39, 0.29) is 6.61 Å². The van der Waals surface area contributed by atoms with E-state index in [0.717, 1.165) is 40.3 Å². The minimum Gasteiger partial charge on any atom is -0.395 e. The van der Waals surface area contributed by atoms with Crippen LogP contribution in [0.3, 0.4) is 0 Å². The van der Waals surface area contributed by atoms with Crippen LogP contribution in [-0.4, -0.2) is 34.3 Å². The summed E-state index contributed by atoms with van der Waals surface area (Å²) in [6.07, 6.45) is 4.25. The highest BCUT2D eigenvalue weighted by Crippen LogP contribution is 2.41. The number of anilines is 3. The van der Waals surface area contributed by atoms with Gasteiger partial charge in [0.1, 0.15) is 6.07 Å². The molecule has 1 aliphatic carbocycles. The number of aliphatic hydroxyl groups excluding tert-OH is 1. The van der Waals surface area contributed by atoms with Gasteiger partial charge in [0, 0.05) is 42.0 Å². The Morgan fingerprint density at radius 1 is 1.24 bits per heavy atom. The summed E-state index contributed by atoms with van der Waals surface area (Å²) < 4.78 is 0. The van der Waals surface area contributed by atoms with E-state index in [4.69, 9.17) is 4.98 Å². The minimum atomic E-state index is -0.433. The second kappa shape index (κ2) is 8.47. The van der Waals surface area contributed by atoms with Crippen molar-refractivity contribution in [3.8, 4) is 17.3 Å². The smallest absolute Gasteiger partial charge is 0.227 e. The van der Waals surface area contributed by atoms with Gasteiger partial charge in [-0.05, 0) is 60.7 Å². The van der Waals surface area contributed by atoms with Gasteiger partial charge in [-0.25, -0.2) is 9.97 Å². The third kappa shape index (κ3) is 4.28. The lowest BCUT2D eigenvalue weighted by atomic mass is 9.83. The van der Waals surface area contributed by atoms with Crippen molar-refractivity contribution in [1.82, 2.24) is 15.3 Å². The van der Waals surface area contributed by atoms with Crippen LogP contribution in [0.4, 0.5) is 17.3 Å². The molecule has 0 saturated heterocycles. The van der Waals surface area contributed by atoms with Crippen LogP contribution < -0.4 is 16.0 Å². The lowest BCUT2D eigenvalue weighted by Crippen LogP contribution is -2.28. The van der Waals surface area contributed by atoms with Gasteiger partial charge in [0.25, 0.3) is 0 Å². The molecule has 0 amide bonds. The van der Waals surface area contributed by atoms with Crippen molar-refractivity contribution in [2.24, 2.45) is 0 Å². The molecule has 2 heterocycles. The molecule has 0 spiro atoms. The van der Waals surface area contributed by atoms with E-state index in [1.54, 1.807) is 6.20 Å². The summed E-state index contributed by atoms with van der Waals surface area (Å²) in [6, 6.07) is 15.1. The number of aliphatic hydroxyl groups is 1. The molecule has 168 valence electrons. The molecule has 0 bridgehead atoms. The Morgan fingerprint density at radius 2 is 2.09 bits per heavy atom. The molecule has 0 radical (unpaired) electrons. The van der Waals surface area contributed by atoms with Crippen LogP contribution in [-0.2, 0) is 12.0 Å². The topological polar surface area (TPSA) is 106 Å². The van der Waals surface area contributed by atoms with Crippen molar-refractivity contribution in [3.63, 3.8) is 0 Å². The molecule has 1 fully saturated rings. The predicted molar refractivity (Wildman–Crippen MR) is 129 cm³/mol. The first-order chi connectivity index (χ1) is 16.0. The van der Waals surface area contributed by atoms with E-state index in [1.165, 1.54) is 18.4 Å². The summed E-state index contributed by atoms with van der Waals surface area (Å²) in [7, 11) is 0. The van der Waals surface area contributed by atoms with E-state index in [0.29, 0.717) is 24.1 Å². The Balaban J connectivity index is 1.44. The standard InChI is InChI=1S/C26H28N6O/c1-16-3-4-17(13-29-20-5-6-20)9-23(16)32-25-28-8-7-22(31-25)18-10-19(12-27)24-21(11-18)26(2,15-33)14-30-24/h3-4,7-11,20,29-30,33H,5-6,13-15H2,1-2H3,(H,28,31,32)/t26-/m1/s1. The van der Waals surface area contributed by atoms with Gasteiger partial charge in [-0.3, -0.25) is 0 Å². The highest BCUT2D eigenvalue weighted by molar-refractivity contribution is 5.76. The van der Waals surface area contributed by atoms with E-state index < -0.39 is 5.41 Å². The lowest BCUT2D eigenvalue weighted by molar-refractivity contribution is 0.219. The molecule has 3 aromatic rings. The summed E-state index contributed by atoms with van der Waals surface area (Å²) in [5.41, 5.74) is 6.74. The molecule has 5 rings (SSSR count). The Kier molecular flexibility index (Phi) is 5.49. The zero-order valence-corrected chi connectivity index (χ0v) is 18.9. The van der Waals surface area contributed by atoms with Gasteiger partial charge in [-0.1, -0.05) is 19.1 Å². The van der Waals surface area contributed by atoms with Crippen molar-refractivity contribution in [2.75, 3.05) is 23.8 Å². The van der Waals surface area contributed by atoms with Gasteiger partial charge in [0.15, 0.2) is 0 Å². The fraction of sp³-hybridized carbons (Fsp3) is 0.346. The molecule has 0 unspecified atom stereocenters. The zero-order chi connectivity index (χ0) is 23.0. The highest BCUT2D eigenvalue weighted by Gasteiger charge is 2.36. The van der Waals surface area contributed by atoms with Crippen LogP contribution in [0.15, 0.2) is 42.6 Å². The first-order valence-corrected chi connectivity index (χ1v) is 11.4. The van der Waals surface area contributed by atoms with E-state index in [1.807, 2.05) is 25.1 Å². The molecule has 1 saturated carbocycles. The first kappa shape index (κ1) is 21.4. The number of benzene rings is 2. The number of nitriles is 1. The molecule has 7 nitrogen and oxygen atoms in total. The van der Waals surface area contributed by atoms with E-state index >= 15 is 0 Å². The average molecular weight is 441 g/mol. The van der Waals surface area contributed by atoms with Crippen LogP contribution in [0.1, 0.15) is 42.0 Å². The van der Waals surface area contributed by atoms with Gasteiger partial charge < -0.3 is 21.1 Å². The second-order valence-corrected chi connectivity index (χ2v) is 9.33. The maximum absolute atomic E-state index is 9.96. The Morgan fingerprint density at radius 3 is 2.85 bits per heavy atom. The predicted octanol–water partition coefficient (Wildman–Crippen LogP) is 3.99. The monoisotopic (exact) mass is 440 g/mol. The SMILES string of the molecule is Cc1ccc(CNC2CC2)cc1Nc1nccc(-c2cc(C#N)c3c(c2)[C@@](C)(CO)CN3)n1. The van der Waals surface area contributed by atoms with Gasteiger partial charge in [-0.2, -0.15) is 5.26 Å². The molecule has 1 atom stereocenters. The zero-order valence-electron chi connectivity index (χ0n) is 18.9. The van der Waals surface area contributed by atoms with Crippen molar-refractivity contribution < 1.29 is 5.11 Å². The summed E-state index contributed by atoms with van der Waals surface area (Å²) in [5, 5.41) is 29.9. The normalized spacial score (nSPS) is 19.0. The summed E-state index contributed by atoms with van der Waals surface area (Å²) in [6.45, 7) is 5.51. The third-order valence-electron chi connectivity index (χ3n) is 6.59. The molecular formula is C26H28N6O. The molecule has 7 heteroatoms.